The number of hydrogen-bond donors (Lipinski definition) is 1. The van der Waals surface area contributed by atoms with Crippen molar-refractivity contribution >= 4 is 0 Å². The first-order chi connectivity index (χ1) is 6.79. The molecule has 0 spiro atoms. The van der Waals surface area contributed by atoms with E-state index in [2.05, 4.69) is 35.6 Å². The first kappa shape index (κ1) is 9.46. The van der Waals surface area contributed by atoms with E-state index in [1.165, 1.54) is 11.4 Å². The molecule has 76 valence electrons. The Morgan fingerprint density at radius 2 is 2.50 bits per heavy atom. The van der Waals surface area contributed by atoms with Crippen LogP contribution in [0.2, 0.25) is 0 Å². The van der Waals surface area contributed by atoms with Gasteiger partial charge in [-0.2, -0.15) is 5.10 Å². The molecule has 0 amide bonds. The maximum atomic E-state index is 4.44. The number of aromatic nitrogens is 2. The third-order valence-electron chi connectivity index (χ3n) is 2.68. The molecular formula is C11H17N3. The zero-order valence-electron chi connectivity index (χ0n) is 8.83. The van der Waals surface area contributed by atoms with Gasteiger partial charge in [0, 0.05) is 31.7 Å². The average molecular weight is 191 g/mol. The highest BCUT2D eigenvalue weighted by atomic mass is 15.3. The molecule has 1 aromatic heterocycles. The molecule has 1 aromatic rings. The fourth-order valence-corrected chi connectivity index (χ4v) is 1.82. The van der Waals surface area contributed by atoms with Crippen LogP contribution in [0.25, 0.3) is 0 Å². The van der Waals surface area contributed by atoms with Crippen LogP contribution in [-0.4, -0.2) is 22.4 Å². The van der Waals surface area contributed by atoms with E-state index in [1.54, 1.807) is 0 Å². The van der Waals surface area contributed by atoms with Crippen molar-refractivity contribution in [2.75, 3.05) is 6.54 Å². The van der Waals surface area contributed by atoms with Gasteiger partial charge in [-0.15, -0.1) is 0 Å². The fourth-order valence-electron chi connectivity index (χ4n) is 1.82. The minimum atomic E-state index is 0.495. The maximum absolute atomic E-state index is 4.44. The van der Waals surface area contributed by atoms with Crippen LogP contribution >= 0.6 is 0 Å². The second kappa shape index (κ2) is 3.96. The molecule has 3 nitrogen and oxygen atoms in total. The van der Waals surface area contributed by atoms with Gasteiger partial charge in [0.15, 0.2) is 0 Å². The van der Waals surface area contributed by atoms with Crippen molar-refractivity contribution in [2.45, 2.75) is 25.8 Å². The summed E-state index contributed by atoms with van der Waals surface area (Å²) in [7, 11) is 2.02. The van der Waals surface area contributed by atoms with Gasteiger partial charge in [-0.3, -0.25) is 4.68 Å². The molecule has 3 heteroatoms. The minimum Gasteiger partial charge on any atom is -0.307 e. The SMILES string of the molecule is CCc1cc(CC2C=CCN2)n(C)n1. The van der Waals surface area contributed by atoms with Crippen LogP contribution in [0.4, 0.5) is 0 Å². The summed E-state index contributed by atoms with van der Waals surface area (Å²) in [5, 5.41) is 7.84. The van der Waals surface area contributed by atoms with Crippen LogP contribution in [0.5, 0.6) is 0 Å². The molecule has 0 bridgehead atoms. The second-order valence-electron chi connectivity index (χ2n) is 3.75. The Morgan fingerprint density at radius 3 is 3.07 bits per heavy atom. The summed E-state index contributed by atoms with van der Waals surface area (Å²) in [5.74, 6) is 0. The van der Waals surface area contributed by atoms with E-state index >= 15 is 0 Å². The summed E-state index contributed by atoms with van der Waals surface area (Å²) >= 11 is 0. The molecule has 2 rings (SSSR count). The molecule has 0 aliphatic carbocycles. The zero-order valence-corrected chi connectivity index (χ0v) is 8.83. The van der Waals surface area contributed by atoms with Crippen LogP contribution in [0.15, 0.2) is 18.2 Å². The van der Waals surface area contributed by atoms with E-state index in [4.69, 9.17) is 0 Å². The lowest BCUT2D eigenvalue weighted by Gasteiger charge is -2.08. The molecule has 0 radical (unpaired) electrons. The number of hydrogen-bond acceptors (Lipinski definition) is 2. The van der Waals surface area contributed by atoms with E-state index in [1.807, 2.05) is 11.7 Å². The van der Waals surface area contributed by atoms with Gasteiger partial charge in [0.2, 0.25) is 0 Å². The predicted molar refractivity (Wildman–Crippen MR) is 57.2 cm³/mol. The van der Waals surface area contributed by atoms with Crippen LogP contribution in [0.1, 0.15) is 18.3 Å². The Bertz CT molecular complexity index is 338. The van der Waals surface area contributed by atoms with Crippen LogP contribution < -0.4 is 5.32 Å². The number of nitrogens with zero attached hydrogens (tertiary/aromatic N) is 2. The second-order valence-corrected chi connectivity index (χ2v) is 3.75. The third kappa shape index (κ3) is 1.87. The van der Waals surface area contributed by atoms with Crippen molar-refractivity contribution in [1.82, 2.24) is 15.1 Å². The van der Waals surface area contributed by atoms with Gasteiger partial charge in [-0.05, 0) is 12.5 Å². The van der Waals surface area contributed by atoms with E-state index in [0.717, 1.165) is 19.4 Å². The quantitative estimate of drug-likeness (QED) is 0.724. The zero-order chi connectivity index (χ0) is 9.97. The van der Waals surface area contributed by atoms with E-state index in [0.29, 0.717) is 6.04 Å². The largest absolute Gasteiger partial charge is 0.307 e. The molecular weight excluding hydrogens is 174 g/mol. The smallest absolute Gasteiger partial charge is 0.0624 e. The van der Waals surface area contributed by atoms with Gasteiger partial charge >= 0.3 is 0 Å². The maximum Gasteiger partial charge on any atom is 0.0624 e. The summed E-state index contributed by atoms with van der Waals surface area (Å²) in [5.41, 5.74) is 2.50. The van der Waals surface area contributed by atoms with Crippen molar-refractivity contribution < 1.29 is 0 Å². The van der Waals surface area contributed by atoms with Gasteiger partial charge in [-0.25, -0.2) is 0 Å². The molecule has 0 aromatic carbocycles. The predicted octanol–water partition coefficient (Wildman–Crippen LogP) is 1.05. The van der Waals surface area contributed by atoms with Gasteiger partial charge in [0.05, 0.1) is 5.69 Å². The first-order valence-corrected chi connectivity index (χ1v) is 5.21. The highest BCUT2D eigenvalue weighted by Crippen LogP contribution is 2.09. The molecule has 0 saturated heterocycles. The monoisotopic (exact) mass is 191 g/mol. The summed E-state index contributed by atoms with van der Waals surface area (Å²) in [6, 6.07) is 2.70. The summed E-state index contributed by atoms with van der Waals surface area (Å²) in [6.07, 6.45) is 6.47. The summed E-state index contributed by atoms with van der Waals surface area (Å²) < 4.78 is 1.99. The molecule has 0 saturated carbocycles. The lowest BCUT2D eigenvalue weighted by Crippen LogP contribution is -2.25. The lowest BCUT2D eigenvalue weighted by atomic mass is 10.1. The van der Waals surface area contributed by atoms with Crippen LogP contribution in [0.3, 0.4) is 0 Å². The van der Waals surface area contributed by atoms with Gasteiger partial charge in [-0.1, -0.05) is 19.1 Å². The van der Waals surface area contributed by atoms with Crippen LogP contribution in [-0.2, 0) is 19.9 Å². The highest BCUT2D eigenvalue weighted by molar-refractivity contribution is 5.15. The topological polar surface area (TPSA) is 29.9 Å². The Hall–Kier alpha value is -1.09. The molecule has 1 N–H and O–H groups in total. The van der Waals surface area contributed by atoms with E-state index < -0.39 is 0 Å². The van der Waals surface area contributed by atoms with Crippen molar-refractivity contribution in [2.24, 2.45) is 7.05 Å². The Labute approximate surface area is 84.8 Å². The summed E-state index contributed by atoms with van der Waals surface area (Å²) in [6.45, 7) is 3.14. The third-order valence-corrected chi connectivity index (χ3v) is 2.68. The van der Waals surface area contributed by atoms with Gasteiger partial charge in [0.1, 0.15) is 0 Å². The lowest BCUT2D eigenvalue weighted by molar-refractivity contribution is 0.616. The molecule has 1 atom stereocenters. The normalized spacial score (nSPS) is 20.6. The molecule has 14 heavy (non-hydrogen) atoms. The van der Waals surface area contributed by atoms with E-state index in [-0.39, 0.29) is 0 Å². The summed E-state index contributed by atoms with van der Waals surface area (Å²) in [4.78, 5) is 0. The molecule has 1 aliphatic heterocycles. The first-order valence-electron chi connectivity index (χ1n) is 5.21. The number of aryl methyl sites for hydroxylation is 2. The van der Waals surface area contributed by atoms with Crippen molar-refractivity contribution in [3.05, 3.63) is 29.6 Å². The standard InChI is InChI=1S/C11H17N3/c1-3-9-7-11(14(2)13-9)8-10-5-4-6-12-10/h4-5,7,10,12H,3,6,8H2,1-2H3. The number of rotatable bonds is 3. The molecule has 1 unspecified atom stereocenters. The highest BCUT2D eigenvalue weighted by Gasteiger charge is 2.12. The fraction of sp³-hybridized carbons (Fsp3) is 0.545. The average Bonchev–Trinajstić information content (AvgIpc) is 2.78. The van der Waals surface area contributed by atoms with Gasteiger partial charge in [0.25, 0.3) is 0 Å². The van der Waals surface area contributed by atoms with Crippen molar-refractivity contribution in [3.8, 4) is 0 Å². The minimum absolute atomic E-state index is 0.495. The van der Waals surface area contributed by atoms with Crippen molar-refractivity contribution in [3.63, 3.8) is 0 Å². The molecule has 1 aliphatic rings. The Balaban J connectivity index is 2.07. The Kier molecular flexibility index (Phi) is 2.68. The Morgan fingerprint density at radius 1 is 1.64 bits per heavy atom. The molecule has 2 heterocycles. The van der Waals surface area contributed by atoms with E-state index in [9.17, 15) is 0 Å². The van der Waals surface area contributed by atoms with Crippen LogP contribution in [0, 0.1) is 0 Å². The van der Waals surface area contributed by atoms with Crippen molar-refractivity contribution in [1.29, 1.82) is 0 Å². The van der Waals surface area contributed by atoms with Gasteiger partial charge < -0.3 is 5.32 Å². The number of nitrogens with one attached hydrogen (secondary N) is 1. The molecule has 0 fully saturated rings.